The lowest BCUT2D eigenvalue weighted by Gasteiger charge is -2.10. The first kappa shape index (κ1) is 18.0. The Labute approximate surface area is 149 Å². The van der Waals surface area contributed by atoms with Gasteiger partial charge in [0.2, 0.25) is 0 Å². The van der Waals surface area contributed by atoms with Crippen molar-refractivity contribution in [3.05, 3.63) is 58.1 Å². The molecule has 6 heteroatoms. The van der Waals surface area contributed by atoms with Gasteiger partial charge in [-0.25, -0.2) is 5.43 Å². The third-order valence-corrected chi connectivity index (χ3v) is 3.90. The summed E-state index contributed by atoms with van der Waals surface area (Å²) in [6.07, 6.45) is 1.49. The van der Waals surface area contributed by atoms with Gasteiger partial charge in [0.25, 0.3) is 5.91 Å². The molecular formula is C18H19BrN2O3. The maximum absolute atomic E-state index is 11.7. The quantitative estimate of drug-likeness (QED) is 0.581. The molecule has 0 aromatic heterocycles. The van der Waals surface area contributed by atoms with Crippen LogP contribution < -0.4 is 10.2 Å². The average molecular weight is 391 g/mol. The molecule has 24 heavy (non-hydrogen) atoms. The summed E-state index contributed by atoms with van der Waals surface area (Å²) in [6, 6.07) is 12.3. The monoisotopic (exact) mass is 390 g/mol. The van der Waals surface area contributed by atoms with Crippen LogP contribution in [0.4, 0.5) is 0 Å². The molecule has 1 amide bonds. The van der Waals surface area contributed by atoms with E-state index in [2.05, 4.69) is 40.3 Å². The van der Waals surface area contributed by atoms with Crippen LogP contribution in [0.2, 0.25) is 0 Å². The van der Waals surface area contributed by atoms with Gasteiger partial charge in [-0.1, -0.05) is 19.9 Å². The van der Waals surface area contributed by atoms with Crippen LogP contribution in [0.15, 0.2) is 52.0 Å². The Hall–Kier alpha value is -2.34. The van der Waals surface area contributed by atoms with E-state index in [1.54, 1.807) is 24.3 Å². The summed E-state index contributed by atoms with van der Waals surface area (Å²) in [5.74, 6) is 0.855. The van der Waals surface area contributed by atoms with E-state index in [0.717, 1.165) is 10.0 Å². The minimum atomic E-state index is -0.357. The summed E-state index contributed by atoms with van der Waals surface area (Å²) < 4.78 is 6.30. The number of nitrogens with zero attached hydrogens (tertiary/aromatic N) is 1. The molecule has 2 N–H and O–H groups in total. The molecule has 0 aliphatic rings. The fraction of sp³-hybridized carbons (Fsp3) is 0.222. The second kappa shape index (κ2) is 8.49. The lowest BCUT2D eigenvalue weighted by Crippen LogP contribution is -2.24. The number of halogens is 1. The van der Waals surface area contributed by atoms with Gasteiger partial charge < -0.3 is 9.84 Å². The smallest absolute Gasteiger partial charge is 0.277 e. The Balaban J connectivity index is 1.84. The minimum absolute atomic E-state index is 0.132. The maximum Gasteiger partial charge on any atom is 0.277 e. The third-order valence-electron chi connectivity index (χ3n) is 3.28. The molecule has 0 spiro atoms. The number of carbonyl (C=O) groups excluding carboxylic acids is 1. The first-order valence-corrected chi connectivity index (χ1v) is 8.28. The number of phenolic OH excluding ortho intramolecular Hbond substituents is 1. The molecular weight excluding hydrogens is 372 g/mol. The summed E-state index contributed by atoms with van der Waals surface area (Å²) in [4.78, 5) is 11.7. The van der Waals surface area contributed by atoms with Crippen molar-refractivity contribution in [3.63, 3.8) is 0 Å². The number of hydrogen-bond acceptors (Lipinski definition) is 4. The van der Waals surface area contributed by atoms with Crippen molar-refractivity contribution in [2.24, 2.45) is 5.10 Å². The van der Waals surface area contributed by atoms with Crippen LogP contribution in [0.5, 0.6) is 11.5 Å². The van der Waals surface area contributed by atoms with Crippen LogP contribution >= 0.6 is 15.9 Å². The standard InChI is InChI=1S/C18H19BrN2O3/c1-12(2)14-5-8-17(16(19)9-14)24-11-18(23)21-20-10-13-3-6-15(22)7-4-13/h3-10,12,22H,11H2,1-2H3,(H,21,23). The van der Waals surface area contributed by atoms with E-state index in [0.29, 0.717) is 11.7 Å². The Morgan fingerprint density at radius 1 is 1.29 bits per heavy atom. The highest BCUT2D eigenvalue weighted by Gasteiger charge is 2.07. The normalized spacial score (nSPS) is 11.0. The molecule has 0 saturated heterocycles. The fourth-order valence-electron chi connectivity index (χ4n) is 1.91. The average Bonchev–Trinajstić information content (AvgIpc) is 2.55. The van der Waals surface area contributed by atoms with Gasteiger partial charge in [0.15, 0.2) is 6.61 Å². The van der Waals surface area contributed by atoms with Crippen molar-refractivity contribution in [1.82, 2.24) is 5.43 Å². The zero-order valence-electron chi connectivity index (χ0n) is 13.5. The number of aromatic hydroxyl groups is 1. The van der Waals surface area contributed by atoms with Gasteiger partial charge in [-0.2, -0.15) is 5.10 Å². The molecule has 0 unspecified atom stereocenters. The van der Waals surface area contributed by atoms with Gasteiger partial charge in [0.05, 0.1) is 10.7 Å². The topological polar surface area (TPSA) is 70.9 Å². The Morgan fingerprint density at radius 3 is 2.62 bits per heavy atom. The van der Waals surface area contributed by atoms with Crippen LogP contribution in [0.3, 0.4) is 0 Å². The summed E-state index contributed by atoms with van der Waals surface area (Å²) in [5, 5.41) is 13.0. The number of carbonyl (C=O) groups is 1. The summed E-state index contributed by atoms with van der Waals surface area (Å²) >= 11 is 3.45. The van der Waals surface area contributed by atoms with Crippen molar-refractivity contribution in [2.45, 2.75) is 19.8 Å². The molecule has 126 valence electrons. The first-order chi connectivity index (χ1) is 11.5. The molecule has 0 heterocycles. The van der Waals surface area contributed by atoms with E-state index in [9.17, 15) is 9.90 Å². The molecule has 0 aliphatic carbocycles. The number of amides is 1. The van der Waals surface area contributed by atoms with Gasteiger partial charge in [0.1, 0.15) is 11.5 Å². The Bertz CT molecular complexity index is 728. The number of hydrogen-bond donors (Lipinski definition) is 2. The van der Waals surface area contributed by atoms with Gasteiger partial charge in [0, 0.05) is 0 Å². The van der Waals surface area contributed by atoms with E-state index in [1.807, 2.05) is 18.2 Å². The highest BCUT2D eigenvalue weighted by Crippen LogP contribution is 2.28. The van der Waals surface area contributed by atoms with E-state index < -0.39 is 0 Å². The predicted molar refractivity (Wildman–Crippen MR) is 97.6 cm³/mol. The molecule has 2 aromatic rings. The number of rotatable bonds is 6. The zero-order chi connectivity index (χ0) is 17.5. The van der Waals surface area contributed by atoms with E-state index in [1.165, 1.54) is 11.8 Å². The predicted octanol–water partition coefficient (Wildman–Crippen LogP) is 3.81. The second-order valence-corrected chi connectivity index (χ2v) is 6.37. The third kappa shape index (κ3) is 5.38. The molecule has 0 saturated carbocycles. The van der Waals surface area contributed by atoms with E-state index in [-0.39, 0.29) is 18.3 Å². The van der Waals surface area contributed by atoms with Crippen molar-refractivity contribution < 1.29 is 14.6 Å². The van der Waals surface area contributed by atoms with Crippen LogP contribution in [0.25, 0.3) is 0 Å². The van der Waals surface area contributed by atoms with E-state index >= 15 is 0 Å². The highest BCUT2D eigenvalue weighted by atomic mass is 79.9. The molecule has 0 bridgehead atoms. The van der Waals surface area contributed by atoms with Crippen LogP contribution in [0.1, 0.15) is 30.9 Å². The molecule has 2 rings (SSSR count). The zero-order valence-corrected chi connectivity index (χ0v) is 15.1. The van der Waals surface area contributed by atoms with Gasteiger partial charge >= 0.3 is 0 Å². The summed E-state index contributed by atoms with van der Waals surface area (Å²) in [6.45, 7) is 4.09. The highest BCUT2D eigenvalue weighted by molar-refractivity contribution is 9.10. The number of ether oxygens (including phenoxy) is 1. The van der Waals surface area contributed by atoms with Gasteiger partial charge in [-0.05, 0) is 69.4 Å². The molecule has 0 atom stereocenters. The lowest BCUT2D eigenvalue weighted by molar-refractivity contribution is -0.123. The van der Waals surface area contributed by atoms with Crippen LogP contribution in [0, 0.1) is 0 Å². The SMILES string of the molecule is CC(C)c1ccc(OCC(=O)NN=Cc2ccc(O)cc2)c(Br)c1. The minimum Gasteiger partial charge on any atom is -0.508 e. The number of benzene rings is 2. The molecule has 2 aromatic carbocycles. The summed E-state index contributed by atoms with van der Waals surface area (Å²) in [7, 11) is 0. The maximum atomic E-state index is 11.7. The van der Waals surface area contributed by atoms with Crippen LogP contribution in [-0.2, 0) is 4.79 Å². The van der Waals surface area contributed by atoms with Gasteiger partial charge in [-0.3, -0.25) is 4.79 Å². The Morgan fingerprint density at radius 2 is 2.00 bits per heavy atom. The fourth-order valence-corrected chi connectivity index (χ4v) is 2.42. The first-order valence-electron chi connectivity index (χ1n) is 7.49. The van der Waals surface area contributed by atoms with Crippen molar-refractivity contribution in [2.75, 3.05) is 6.61 Å². The second-order valence-electron chi connectivity index (χ2n) is 5.52. The van der Waals surface area contributed by atoms with E-state index in [4.69, 9.17) is 4.74 Å². The number of phenols is 1. The molecule has 5 nitrogen and oxygen atoms in total. The molecule has 0 radical (unpaired) electrons. The number of hydrazone groups is 1. The number of nitrogens with one attached hydrogen (secondary N) is 1. The summed E-state index contributed by atoms with van der Waals surface area (Å²) in [5.41, 5.74) is 4.35. The molecule has 0 fully saturated rings. The lowest BCUT2D eigenvalue weighted by atomic mass is 10.0. The Kier molecular flexibility index (Phi) is 6.37. The largest absolute Gasteiger partial charge is 0.508 e. The van der Waals surface area contributed by atoms with Crippen molar-refractivity contribution in [3.8, 4) is 11.5 Å². The molecule has 0 aliphatic heterocycles. The van der Waals surface area contributed by atoms with Gasteiger partial charge in [-0.15, -0.1) is 0 Å². The van der Waals surface area contributed by atoms with Crippen molar-refractivity contribution in [1.29, 1.82) is 0 Å². The van der Waals surface area contributed by atoms with Crippen LogP contribution in [-0.4, -0.2) is 23.8 Å². The van der Waals surface area contributed by atoms with Crippen molar-refractivity contribution >= 4 is 28.1 Å².